The molecule has 1 heterocycles. The Bertz CT molecular complexity index is 173. The molecule has 1 aliphatic rings. The smallest absolute Gasteiger partial charge is 0.0462 e. The summed E-state index contributed by atoms with van der Waals surface area (Å²) in [7, 11) is 1.78. The first-order valence-electron chi connectivity index (χ1n) is 6.69. The van der Waals surface area contributed by atoms with Gasteiger partial charge >= 0.3 is 0 Å². The number of nitrogens with one attached hydrogen (secondary N) is 1. The van der Waals surface area contributed by atoms with E-state index in [1.54, 1.807) is 7.11 Å². The van der Waals surface area contributed by atoms with Crippen LogP contribution in [0.5, 0.6) is 0 Å². The van der Waals surface area contributed by atoms with Crippen LogP contribution in [0.1, 0.15) is 33.1 Å². The first-order chi connectivity index (χ1) is 7.75. The number of rotatable bonds is 7. The molecule has 0 bridgehead atoms. The second-order valence-corrected chi connectivity index (χ2v) is 5.10. The van der Waals surface area contributed by atoms with Crippen LogP contribution >= 0.6 is 0 Å². The lowest BCUT2D eigenvalue weighted by Gasteiger charge is -2.38. The second kappa shape index (κ2) is 8.04. The molecule has 1 N–H and O–H groups in total. The van der Waals surface area contributed by atoms with E-state index < -0.39 is 0 Å². The summed E-state index contributed by atoms with van der Waals surface area (Å²) in [5.74, 6) is 0.756. The van der Waals surface area contributed by atoms with Crippen LogP contribution in [-0.4, -0.2) is 50.8 Å². The van der Waals surface area contributed by atoms with E-state index in [9.17, 15) is 0 Å². The van der Waals surface area contributed by atoms with Crippen LogP contribution in [0.2, 0.25) is 0 Å². The molecule has 1 unspecified atom stereocenters. The molecule has 96 valence electrons. The van der Waals surface area contributed by atoms with Gasteiger partial charge in [0.2, 0.25) is 0 Å². The van der Waals surface area contributed by atoms with Crippen LogP contribution in [0, 0.1) is 5.92 Å². The molecule has 3 nitrogen and oxygen atoms in total. The zero-order valence-corrected chi connectivity index (χ0v) is 11.2. The van der Waals surface area contributed by atoms with Crippen molar-refractivity contribution in [3.63, 3.8) is 0 Å². The lowest BCUT2D eigenvalue weighted by Crippen LogP contribution is -2.53. The number of hydrogen-bond donors (Lipinski definition) is 1. The van der Waals surface area contributed by atoms with Gasteiger partial charge in [0.1, 0.15) is 0 Å². The number of methoxy groups -OCH3 is 1. The van der Waals surface area contributed by atoms with Gasteiger partial charge in [-0.05, 0) is 31.7 Å². The molecule has 0 aliphatic carbocycles. The van der Waals surface area contributed by atoms with Crippen molar-refractivity contribution in [3.8, 4) is 0 Å². The van der Waals surface area contributed by atoms with Gasteiger partial charge in [-0.15, -0.1) is 0 Å². The first kappa shape index (κ1) is 13.9. The summed E-state index contributed by atoms with van der Waals surface area (Å²) in [6.07, 6.45) is 3.81. The molecule has 0 spiro atoms. The fourth-order valence-corrected chi connectivity index (χ4v) is 2.44. The molecule has 0 aromatic heterocycles. The second-order valence-electron chi connectivity index (χ2n) is 5.10. The van der Waals surface area contributed by atoms with E-state index in [4.69, 9.17) is 4.74 Å². The molecule has 0 amide bonds. The zero-order valence-electron chi connectivity index (χ0n) is 11.2. The van der Waals surface area contributed by atoms with Crippen LogP contribution in [0.3, 0.4) is 0 Å². The summed E-state index contributed by atoms with van der Waals surface area (Å²) in [5, 5.41) is 3.50. The van der Waals surface area contributed by atoms with Gasteiger partial charge in [-0.25, -0.2) is 0 Å². The van der Waals surface area contributed by atoms with E-state index in [0.29, 0.717) is 0 Å². The van der Waals surface area contributed by atoms with E-state index in [1.807, 2.05) is 0 Å². The van der Waals surface area contributed by atoms with Gasteiger partial charge in [0.05, 0.1) is 0 Å². The van der Waals surface area contributed by atoms with E-state index in [2.05, 4.69) is 24.1 Å². The molecule has 16 heavy (non-hydrogen) atoms. The van der Waals surface area contributed by atoms with Crippen LogP contribution in [-0.2, 0) is 4.74 Å². The van der Waals surface area contributed by atoms with Crippen LogP contribution in [0.4, 0.5) is 0 Å². The Kier molecular flexibility index (Phi) is 7.01. The molecule has 0 aromatic carbocycles. The average Bonchev–Trinajstić information content (AvgIpc) is 2.29. The largest absolute Gasteiger partial charge is 0.385 e. The Hall–Kier alpha value is -0.120. The fourth-order valence-electron chi connectivity index (χ4n) is 2.44. The monoisotopic (exact) mass is 228 g/mol. The van der Waals surface area contributed by atoms with Gasteiger partial charge in [0, 0.05) is 39.4 Å². The molecule has 0 radical (unpaired) electrons. The van der Waals surface area contributed by atoms with Crippen molar-refractivity contribution in [2.75, 3.05) is 39.9 Å². The Morgan fingerprint density at radius 2 is 2.12 bits per heavy atom. The minimum Gasteiger partial charge on any atom is -0.385 e. The van der Waals surface area contributed by atoms with Gasteiger partial charge in [-0.1, -0.05) is 13.8 Å². The van der Waals surface area contributed by atoms with E-state index in [-0.39, 0.29) is 0 Å². The van der Waals surface area contributed by atoms with Gasteiger partial charge in [-0.2, -0.15) is 0 Å². The SMILES string of the molecule is COCCCCCN1CCNCC1C(C)C. The van der Waals surface area contributed by atoms with Gasteiger partial charge in [-0.3, -0.25) is 4.90 Å². The number of hydrogen-bond acceptors (Lipinski definition) is 3. The quantitative estimate of drug-likeness (QED) is 0.672. The Morgan fingerprint density at radius 1 is 1.31 bits per heavy atom. The van der Waals surface area contributed by atoms with E-state index in [1.165, 1.54) is 32.4 Å². The van der Waals surface area contributed by atoms with Crippen molar-refractivity contribution in [2.45, 2.75) is 39.2 Å². The highest BCUT2D eigenvalue weighted by Gasteiger charge is 2.23. The molecular weight excluding hydrogens is 200 g/mol. The van der Waals surface area contributed by atoms with Crippen molar-refractivity contribution in [3.05, 3.63) is 0 Å². The lowest BCUT2D eigenvalue weighted by molar-refractivity contribution is 0.120. The third kappa shape index (κ3) is 4.81. The lowest BCUT2D eigenvalue weighted by atomic mass is 10.00. The molecule has 3 heteroatoms. The summed E-state index contributed by atoms with van der Waals surface area (Å²) in [6, 6.07) is 0.733. The van der Waals surface area contributed by atoms with Crippen LogP contribution in [0.25, 0.3) is 0 Å². The van der Waals surface area contributed by atoms with Crippen molar-refractivity contribution in [1.82, 2.24) is 10.2 Å². The first-order valence-corrected chi connectivity index (χ1v) is 6.69. The highest BCUT2D eigenvalue weighted by atomic mass is 16.5. The normalized spacial score (nSPS) is 22.9. The zero-order chi connectivity index (χ0) is 11.8. The minimum absolute atomic E-state index is 0.733. The van der Waals surface area contributed by atoms with E-state index in [0.717, 1.165) is 31.7 Å². The predicted octanol–water partition coefficient (Wildman–Crippen LogP) is 1.73. The van der Waals surface area contributed by atoms with Crippen molar-refractivity contribution in [2.24, 2.45) is 5.92 Å². The number of ether oxygens (including phenoxy) is 1. The maximum Gasteiger partial charge on any atom is 0.0462 e. The van der Waals surface area contributed by atoms with Crippen molar-refractivity contribution >= 4 is 0 Å². The predicted molar refractivity (Wildman–Crippen MR) is 68.8 cm³/mol. The molecule has 1 rings (SSSR count). The molecule has 1 fully saturated rings. The number of piperazine rings is 1. The Labute approximate surface area is 101 Å². The third-order valence-electron chi connectivity index (χ3n) is 3.46. The maximum atomic E-state index is 5.07. The van der Waals surface area contributed by atoms with Crippen molar-refractivity contribution < 1.29 is 4.74 Å². The molecule has 1 saturated heterocycles. The van der Waals surface area contributed by atoms with Gasteiger partial charge in [0.15, 0.2) is 0 Å². The molecular formula is C13H28N2O. The minimum atomic E-state index is 0.733. The van der Waals surface area contributed by atoms with Crippen LogP contribution in [0.15, 0.2) is 0 Å². The average molecular weight is 228 g/mol. The maximum absolute atomic E-state index is 5.07. The van der Waals surface area contributed by atoms with E-state index >= 15 is 0 Å². The Morgan fingerprint density at radius 3 is 2.81 bits per heavy atom. The standard InChI is InChI=1S/C13H28N2O/c1-12(2)13-11-14-7-9-15(13)8-5-4-6-10-16-3/h12-14H,4-11H2,1-3H3. The topological polar surface area (TPSA) is 24.5 Å². The summed E-state index contributed by atoms with van der Waals surface area (Å²) >= 11 is 0. The summed E-state index contributed by atoms with van der Waals surface area (Å²) in [6.45, 7) is 10.4. The fraction of sp³-hybridized carbons (Fsp3) is 1.00. The van der Waals surface area contributed by atoms with Crippen LogP contribution < -0.4 is 5.32 Å². The molecule has 1 aliphatic heterocycles. The van der Waals surface area contributed by atoms with Gasteiger partial charge < -0.3 is 10.1 Å². The highest BCUT2D eigenvalue weighted by Crippen LogP contribution is 2.13. The molecule has 1 atom stereocenters. The summed E-state index contributed by atoms with van der Waals surface area (Å²) in [5.41, 5.74) is 0. The molecule has 0 saturated carbocycles. The van der Waals surface area contributed by atoms with Crippen molar-refractivity contribution in [1.29, 1.82) is 0 Å². The van der Waals surface area contributed by atoms with Gasteiger partial charge in [0.25, 0.3) is 0 Å². The Balaban J connectivity index is 2.17. The number of unbranched alkanes of at least 4 members (excludes halogenated alkanes) is 2. The summed E-state index contributed by atoms with van der Waals surface area (Å²) < 4.78 is 5.07. The summed E-state index contributed by atoms with van der Waals surface area (Å²) in [4.78, 5) is 2.66. The highest BCUT2D eigenvalue weighted by molar-refractivity contribution is 4.81. The number of nitrogens with zero attached hydrogens (tertiary/aromatic N) is 1. The third-order valence-corrected chi connectivity index (χ3v) is 3.46. The molecule has 0 aromatic rings.